The molecule has 1 aliphatic heterocycles. The molecule has 1 aliphatic rings. The molecule has 104 valence electrons. The van der Waals surface area contributed by atoms with Crippen molar-refractivity contribution in [3.8, 4) is 0 Å². The third-order valence-corrected chi connectivity index (χ3v) is 3.89. The van der Waals surface area contributed by atoms with Crippen LogP contribution in [0.25, 0.3) is 0 Å². The highest BCUT2D eigenvalue weighted by molar-refractivity contribution is 5.71. The fourth-order valence-electron chi connectivity index (χ4n) is 2.85. The van der Waals surface area contributed by atoms with Gasteiger partial charge in [0.1, 0.15) is 0 Å². The molecule has 1 aromatic rings. The molecule has 2 atom stereocenters. The molecule has 4 nitrogen and oxygen atoms in total. The molecule has 0 spiro atoms. The van der Waals surface area contributed by atoms with Gasteiger partial charge in [-0.3, -0.25) is 9.69 Å². The summed E-state index contributed by atoms with van der Waals surface area (Å²) in [4.78, 5) is 15.7. The molecule has 2 unspecified atom stereocenters. The van der Waals surface area contributed by atoms with E-state index >= 15 is 0 Å². The molecular formula is C15H22N2O2. The minimum atomic E-state index is -0.684. The lowest BCUT2D eigenvalue weighted by atomic mass is 9.91. The molecule has 1 N–H and O–H groups in total. The summed E-state index contributed by atoms with van der Waals surface area (Å²) >= 11 is 0. The van der Waals surface area contributed by atoms with Gasteiger partial charge < -0.3 is 10.0 Å². The van der Waals surface area contributed by atoms with Crippen molar-refractivity contribution < 1.29 is 9.90 Å². The van der Waals surface area contributed by atoms with E-state index in [1.807, 2.05) is 37.2 Å². The minimum absolute atomic E-state index is 0.143. The number of carboxylic acids is 1. The van der Waals surface area contributed by atoms with E-state index in [1.165, 1.54) is 5.56 Å². The van der Waals surface area contributed by atoms with Crippen LogP contribution in [0.5, 0.6) is 0 Å². The first kappa shape index (κ1) is 14.0. The van der Waals surface area contributed by atoms with Crippen molar-refractivity contribution in [2.24, 2.45) is 5.92 Å². The lowest BCUT2D eigenvalue weighted by Crippen LogP contribution is -2.51. The monoisotopic (exact) mass is 262 g/mol. The molecule has 19 heavy (non-hydrogen) atoms. The van der Waals surface area contributed by atoms with Crippen LogP contribution >= 0.6 is 0 Å². The minimum Gasteiger partial charge on any atom is -0.481 e. The number of nitrogens with zero attached hydrogens (tertiary/aromatic N) is 2. The van der Waals surface area contributed by atoms with Crippen LogP contribution in [-0.4, -0.2) is 54.1 Å². The highest BCUT2D eigenvalue weighted by atomic mass is 16.4. The number of hydrogen-bond donors (Lipinski definition) is 1. The van der Waals surface area contributed by atoms with E-state index in [0.717, 1.165) is 19.5 Å². The van der Waals surface area contributed by atoms with Gasteiger partial charge in [0.05, 0.1) is 5.92 Å². The van der Waals surface area contributed by atoms with Crippen LogP contribution in [0, 0.1) is 5.92 Å². The predicted molar refractivity (Wildman–Crippen MR) is 74.9 cm³/mol. The summed E-state index contributed by atoms with van der Waals surface area (Å²) in [6, 6.07) is 10.4. The van der Waals surface area contributed by atoms with Gasteiger partial charge in [0.15, 0.2) is 0 Å². The first-order valence-corrected chi connectivity index (χ1v) is 6.73. The number of aliphatic carboxylic acids is 1. The molecule has 1 heterocycles. The maximum absolute atomic E-state index is 11.4. The second kappa shape index (κ2) is 6.17. The number of benzene rings is 1. The van der Waals surface area contributed by atoms with E-state index in [1.54, 1.807) is 0 Å². The van der Waals surface area contributed by atoms with Crippen LogP contribution in [0.3, 0.4) is 0 Å². The third-order valence-electron chi connectivity index (χ3n) is 3.89. The normalized spacial score (nSPS) is 24.6. The van der Waals surface area contributed by atoms with Crippen molar-refractivity contribution in [3.63, 3.8) is 0 Å². The summed E-state index contributed by atoms with van der Waals surface area (Å²) < 4.78 is 0. The van der Waals surface area contributed by atoms with Crippen LogP contribution in [0.15, 0.2) is 30.3 Å². The highest BCUT2D eigenvalue weighted by Crippen LogP contribution is 2.22. The standard InChI is InChI=1S/C15H22N2O2/c1-16(2)14-8-9-17(11-13(14)15(18)19)10-12-6-4-3-5-7-12/h3-7,13-14H,8-11H2,1-2H3,(H,18,19). The Morgan fingerprint density at radius 3 is 2.63 bits per heavy atom. The Balaban J connectivity index is 2.01. The SMILES string of the molecule is CN(C)C1CCN(Cc2ccccc2)CC1C(=O)O. The van der Waals surface area contributed by atoms with Crippen LogP contribution in [0.4, 0.5) is 0 Å². The lowest BCUT2D eigenvalue weighted by molar-refractivity contribution is -0.146. The van der Waals surface area contributed by atoms with Gasteiger partial charge in [-0.25, -0.2) is 0 Å². The zero-order valence-corrected chi connectivity index (χ0v) is 11.6. The second-order valence-corrected chi connectivity index (χ2v) is 5.49. The van der Waals surface area contributed by atoms with Crippen LogP contribution < -0.4 is 0 Å². The summed E-state index contributed by atoms with van der Waals surface area (Å²) in [5, 5.41) is 9.39. The smallest absolute Gasteiger partial charge is 0.309 e. The van der Waals surface area contributed by atoms with Crippen molar-refractivity contribution in [2.45, 2.75) is 19.0 Å². The average Bonchev–Trinajstić information content (AvgIpc) is 2.39. The summed E-state index contributed by atoms with van der Waals surface area (Å²) in [6.45, 7) is 2.43. The predicted octanol–water partition coefficient (Wildman–Crippen LogP) is 1.52. The van der Waals surface area contributed by atoms with Crippen molar-refractivity contribution in [1.82, 2.24) is 9.80 Å². The summed E-state index contributed by atoms with van der Waals surface area (Å²) in [6.07, 6.45) is 0.913. The summed E-state index contributed by atoms with van der Waals surface area (Å²) in [5.41, 5.74) is 1.25. The van der Waals surface area contributed by atoms with E-state index in [-0.39, 0.29) is 12.0 Å². The number of carbonyl (C=O) groups is 1. The largest absolute Gasteiger partial charge is 0.481 e. The Morgan fingerprint density at radius 1 is 1.37 bits per heavy atom. The second-order valence-electron chi connectivity index (χ2n) is 5.49. The van der Waals surface area contributed by atoms with Crippen molar-refractivity contribution in [2.75, 3.05) is 27.2 Å². The Kier molecular flexibility index (Phi) is 4.56. The maximum Gasteiger partial charge on any atom is 0.309 e. The Labute approximate surface area is 114 Å². The summed E-state index contributed by atoms with van der Waals surface area (Å²) in [7, 11) is 3.93. The Bertz CT molecular complexity index is 419. The van der Waals surface area contributed by atoms with Crippen molar-refractivity contribution in [3.05, 3.63) is 35.9 Å². The van der Waals surface area contributed by atoms with E-state index in [0.29, 0.717) is 6.54 Å². The fourth-order valence-corrected chi connectivity index (χ4v) is 2.85. The number of hydrogen-bond acceptors (Lipinski definition) is 3. The molecular weight excluding hydrogens is 240 g/mol. The lowest BCUT2D eigenvalue weighted by Gasteiger charge is -2.39. The van der Waals surface area contributed by atoms with Gasteiger partial charge in [-0.1, -0.05) is 30.3 Å². The van der Waals surface area contributed by atoms with E-state index in [2.05, 4.69) is 17.0 Å². The molecule has 0 aliphatic carbocycles. The first-order valence-electron chi connectivity index (χ1n) is 6.73. The molecule has 0 bridgehead atoms. The van der Waals surface area contributed by atoms with Crippen LogP contribution in [0.1, 0.15) is 12.0 Å². The van der Waals surface area contributed by atoms with E-state index in [4.69, 9.17) is 0 Å². The maximum atomic E-state index is 11.4. The van der Waals surface area contributed by atoms with Gasteiger partial charge in [-0.15, -0.1) is 0 Å². The van der Waals surface area contributed by atoms with Gasteiger partial charge in [0.25, 0.3) is 0 Å². The molecule has 0 amide bonds. The third kappa shape index (κ3) is 3.55. The highest BCUT2D eigenvalue weighted by Gasteiger charge is 2.35. The van der Waals surface area contributed by atoms with Crippen LogP contribution in [-0.2, 0) is 11.3 Å². The van der Waals surface area contributed by atoms with Crippen molar-refractivity contribution in [1.29, 1.82) is 0 Å². The average molecular weight is 262 g/mol. The van der Waals surface area contributed by atoms with E-state index < -0.39 is 5.97 Å². The Hall–Kier alpha value is -1.39. The van der Waals surface area contributed by atoms with Gasteiger partial charge in [-0.2, -0.15) is 0 Å². The van der Waals surface area contributed by atoms with Crippen LogP contribution in [0.2, 0.25) is 0 Å². The van der Waals surface area contributed by atoms with E-state index in [9.17, 15) is 9.90 Å². The number of piperidine rings is 1. The fraction of sp³-hybridized carbons (Fsp3) is 0.533. The topological polar surface area (TPSA) is 43.8 Å². The molecule has 1 aromatic carbocycles. The van der Waals surface area contributed by atoms with Gasteiger partial charge in [0, 0.05) is 25.7 Å². The molecule has 1 saturated heterocycles. The quantitative estimate of drug-likeness (QED) is 0.893. The summed E-state index contributed by atoms with van der Waals surface area (Å²) in [5.74, 6) is -0.982. The van der Waals surface area contributed by atoms with Gasteiger partial charge in [0.2, 0.25) is 0 Å². The molecule has 2 rings (SSSR count). The molecule has 1 fully saturated rings. The zero-order chi connectivity index (χ0) is 13.8. The van der Waals surface area contributed by atoms with Gasteiger partial charge in [-0.05, 0) is 26.1 Å². The number of rotatable bonds is 4. The molecule has 0 saturated carbocycles. The molecule has 4 heteroatoms. The van der Waals surface area contributed by atoms with Crippen molar-refractivity contribution >= 4 is 5.97 Å². The van der Waals surface area contributed by atoms with Gasteiger partial charge >= 0.3 is 5.97 Å². The molecule has 0 aromatic heterocycles. The first-order chi connectivity index (χ1) is 9.08. The molecule has 0 radical (unpaired) electrons. The number of likely N-dealkylation sites (tertiary alicyclic amines) is 1. The number of carboxylic acid groups (broad SMARTS) is 1. The Morgan fingerprint density at radius 2 is 2.05 bits per heavy atom. The zero-order valence-electron chi connectivity index (χ0n) is 11.6.